The Morgan fingerprint density at radius 1 is 0.800 bits per heavy atom. The maximum Gasteiger partial charge on any atom is 0.0769 e. The van der Waals surface area contributed by atoms with Crippen molar-refractivity contribution in [2.24, 2.45) is 4.99 Å². The smallest absolute Gasteiger partial charge is 0.0769 e. The van der Waals surface area contributed by atoms with Gasteiger partial charge in [0.2, 0.25) is 0 Å². The summed E-state index contributed by atoms with van der Waals surface area (Å²) in [5, 5.41) is 1.12. The molecule has 0 aliphatic carbocycles. The Morgan fingerprint density at radius 3 is 2.56 bits per heavy atom. The van der Waals surface area contributed by atoms with Crippen LogP contribution in [0.5, 0.6) is 0 Å². The topological polar surface area (TPSA) is 25.2 Å². The molecular weight excluding hydrogens is 324 g/mol. The summed E-state index contributed by atoms with van der Waals surface area (Å²) in [5.74, 6) is 0. The minimum Gasteiger partial charge on any atom is -0.256 e. The number of rotatable bonds is 4. The molecule has 0 atom stereocenters. The Balaban J connectivity index is 1.62. The van der Waals surface area contributed by atoms with Crippen LogP contribution < -0.4 is 0 Å². The molecule has 0 saturated carbocycles. The van der Waals surface area contributed by atoms with Gasteiger partial charge in [-0.05, 0) is 48.0 Å². The van der Waals surface area contributed by atoms with Crippen molar-refractivity contribution >= 4 is 34.6 Å². The van der Waals surface area contributed by atoms with Crippen LogP contribution in [-0.4, -0.2) is 11.2 Å². The average molecular weight is 340 g/mol. The summed E-state index contributed by atoms with van der Waals surface area (Å²) in [4.78, 5) is 11.4. The number of pyridine rings is 1. The lowest BCUT2D eigenvalue weighted by molar-refractivity contribution is 1.36. The minimum atomic E-state index is 0.975. The van der Waals surface area contributed by atoms with Crippen molar-refractivity contribution in [3.05, 3.63) is 96.7 Å². The first kappa shape index (κ1) is 15.6. The summed E-state index contributed by atoms with van der Waals surface area (Å²) < 4.78 is 0. The van der Waals surface area contributed by atoms with E-state index in [2.05, 4.69) is 47.4 Å². The molecule has 1 aromatic heterocycles. The third-order valence-corrected chi connectivity index (χ3v) is 4.89. The van der Waals surface area contributed by atoms with E-state index in [1.165, 1.54) is 4.90 Å². The summed E-state index contributed by atoms with van der Waals surface area (Å²) in [5.41, 5.74) is 3.04. The number of hydrogen-bond donors (Lipinski definition) is 0. The highest BCUT2D eigenvalue weighted by atomic mass is 32.2. The van der Waals surface area contributed by atoms with Gasteiger partial charge in [-0.2, -0.15) is 0 Å². The first-order chi connectivity index (χ1) is 12.4. The lowest BCUT2D eigenvalue weighted by Crippen LogP contribution is -1.83. The molecule has 0 N–H and O–H groups in total. The lowest BCUT2D eigenvalue weighted by Gasteiger charge is -2.05. The highest BCUT2D eigenvalue weighted by Crippen LogP contribution is 2.34. The quantitative estimate of drug-likeness (QED) is 0.417. The second-order valence-corrected chi connectivity index (χ2v) is 6.71. The standard InChI is InChI=1S/C22H16N2S/c1-2-8-19(9-3-1)25-22-11-5-4-10-21(22)24-16-17-12-13-20-18(15-17)7-6-14-23-20/h1-16H. The summed E-state index contributed by atoms with van der Waals surface area (Å²) in [7, 11) is 0. The Labute approximate surface area is 151 Å². The molecule has 4 aromatic rings. The second kappa shape index (κ2) is 7.32. The lowest BCUT2D eigenvalue weighted by atomic mass is 10.1. The van der Waals surface area contributed by atoms with E-state index in [0.717, 1.165) is 27.0 Å². The normalized spacial score (nSPS) is 11.2. The van der Waals surface area contributed by atoms with Crippen LogP contribution in [0.25, 0.3) is 10.9 Å². The molecule has 0 amide bonds. The summed E-state index contributed by atoms with van der Waals surface area (Å²) in [6.45, 7) is 0. The van der Waals surface area contributed by atoms with Gasteiger partial charge in [-0.3, -0.25) is 9.98 Å². The highest BCUT2D eigenvalue weighted by molar-refractivity contribution is 7.99. The Hall–Kier alpha value is -2.91. The molecular formula is C22H16N2S. The third kappa shape index (κ3) is 3.78. The van der Waals surface area contributed by atoms with E-state index in [-0.39, 0.29) is 0 Å². The Kier molecular flexibility index (Phi) is 4.57. The van der Waals surface area contributed by atoms with Gasteiger partial charge in [0, 0.05) is 27.6 Å². The molecule has 3 aromatic carbocycles. The van der Waals surface area contributed by atoms with Crippen molar-refractivity contribution in [2.75, 3.05) is 0 Å². The van der Waals surface area contributed by atoms with Crippen molar-refractivity contribution in [3.8, 4) is 0 Å². The zero-order chi connectivity index (χ0) is 16.9. The maximum atomic E-state index is 4.71. The zero-order valence-electron chi connectivity index (χ0n) is 13.5. The predicted molar refractivity (Wildman–Crippen MR) is 106 cm³/mol. The molecule has 0 radical (unpaired) electrons. The van der Waals surface area contributed by atoms with Gasteiger partial charge in [0.1, 0.15) is 0 Å². The van der Waals surface area contributed by atoms with Gasteiger partial charge in [-0.25, -0.2) is 0 Å². The van der Waals surface area contributed by atoms with Gasteiger partial charge >= 0.3 is 0 Å². The molecule has 4 rings (SSSR count). The van der Waals surface area contributed by atoms with Crippen LogP contribution in [0.4, 0.5) is 5.69 Å². The second-order valence-electron chi connectivity index (χ2n) is 5.60. The van der Waals surface area contributed by atoms with Crippen LogP contribution in [0.2, 0.25) is 0 Å². The van der Waals surface area contributed by atoms with Crippen molar-refractivity contribution < 1.29 is 0 Å². The average Bonchev–Trinajstić information content (AvgIpc) is 2.68. The number of nitrogens with zero attached hydrogens (tertiary/aromatic N) is 2. The van der Waals surface area contributed by atoms with Gasteiger partial charge in [-0.15, -0.1) is 0 Å². The van der Waals surface area contributed by atoms with Crippen molar-refractivity contribution in [3.63, 3.8) is 0 Å². The fraction of sp³-hybridized carbons (Fsp3) is 0. The molecule has 0 unspecified atom stereocenters. The molecule has 2 nitrogen and oxygen atoms in total. The van der Waals surface area contributed by atoms with Gasteiger partial charge in [0.25, 0.3) is 0 Å². The largest absolute Gasteiger partial charge is 0.256 e. The summed E-state index contributed by atoms with van der Waals surface area (Å²) in [6.07, 6.45) is 3.73. The van der Waals surface area contributed by atoms with Crippen molar-refractivity contribution in [2.45, 2.75) is 9.79 Å². The molecule has 1 heterocycles. The van der Waals surface area contributed by atoms with E-state index < -0.39 is 0 Å². The zero-order valence-corrected chi connectivity index (χ0v) is 14.4. The number of hydrogen-bond acceptors (Lipinski definition) is 3. The Morgan fingerprint density at radius 2 is 1.64 bits per heavy atom. The number of para-hydroxylation sites is 1. The molecule has 0 fully saturated rings. The van der Waals surface area contributed by atoms with Gasteiger partial charge in [0.15, 0.2) is 0 Å². The van der Waals surface area contributed by atoms with Crippen molar-refractivity contribution in [1.82, 2.24) is 4.98 Å². The Bertz CT molecular complexity index is 1030. The maximum absolute atomic E-state index is 4.71. The molecule has 0 bridgehead atoms. The SMILES string of the molecule is C(=Nc1ccccc1Sc1ccccc1)c1ccc2ncccc2c1. The molecule has 25 heavy (non-hydrogen) atoms. The number of aliphatic imine (C=N–C) groups is 1. The summed E-state index contributed by atoms with van der Waals surface area (Å²) >= 11 is 1.73. The van der Waals surface area contributed by atoms with E-state index >= 15 is 0 Å². The predicted octanol–water partition coefficient (Wildman–Crippen LogP) is 6.14. The van der Waals surface area contributed by atoms with E-state index in [1.807, 2.05) is 54.9 Å². The number of fused-ring (bicyclic) bond motifs is 1. The van der Waals surface area contributed by atoms with Crippen LogP contribution in [0, 0.1) is 0 Å². The highest BCUT2D eigenvalue weighted by Gasteiger charge is 2.02. The molecule has 3 heteroatoms. The van der Waals surface area contributed by atoms with Gasteiger partial charge in [0.05, 0.1) is 11.2 Å². The van der Waals surface area contributed by atoms with E-state index in [0.29, 0.717) is 0 Å². The van der Waals surface area contributed by atoms with Crippen LogP contribution in [0.1, 0.15) is 5.56 Å². The van der Waals surface area contributed by atoms with Gasteiger partial charge in [-0.1, -0.05) is 54.2 Å². The van der Waals surface area contributed by atoms with E-state index in [9.17, 15) is 0 Å². The summed E-state index contributed by atoms with van der Waals surface area (Å²) in [6, 6.07) is 28.8. The van der Waals surface area contributed by atoms with Gasteiger partial charge < -0.3 is 0 Å². The number of benzene rings is 3. The number of aromatic nitrogens is 1. The molecule has 0 aliphatic rings. The van der Waals surface area contributed by atoms with Crippen LogP contribution >= 0.6 is 11.8 Å². The fourth-order valence-corrected chi connectivity index (χ4v) is 3.50. The monoisotopic (exact) mass is 340 g/mol. The third-order valence-electron chi connectivity index (χ3n) is 3.82. The van der Waals surface area contributed by atoms with E-state index in [4.69, 9.17) is 4.99 Å². The first-order valence-corrected chi connectivity index (χ1v) is 8.91. The minimum absolute atomic E-state index is 0.975. The molecule has 120 valence electrons. The molecule has 0 aliphatic heterocycles. The first-order valence-electron chi connectivity index (χ1n) is 8.09. The van der Waals surface area contributed by atoms with Crippen molar-refractivity contribution in [1.29, 1.82) is 0 Å². The van der Waals surface area contributed by atoms with Crippen LogP contribution in [-0.2, 0) is 0 Å². The molecule has 0 spiro atoms. The van der Waals surface area contributed by atoms with Crippen LogP contribution in [0.15, 0.2) is 106 Å². The van der Waals surface area contributed by atoms with E-state index in [1.54, 1.807) is 11.8 Å². The fourth-order valence-electron chi connectivity index (χ4n) is 2.58. The molecule has 0 saturated heterocycles. The van der Waals surface area contributed by atoms with Crippen LogP contribution in [0.3, 0.4) is 0 Å².